The number of carbonyl (C=O) groups is 2. The predicted octanol–water partition coefficient (Wildman–Crippen LogP) is 2.55. The van der Waals surface area contributed by atoms with Gasteiger partial charge in [0.25, 0.3) is 5.91 Å². The van der Waals surface area contributed by atoms with Gasteiger partial charge in [-0.3, -0.25) is 4.79 Å². The van der Waals surface area contributed by atoms with E-state index in [1.165, 1.54) is 6.92 Å². The lowest BCUT2D eigenvalue weighted by atomic mass is 9.95. The minimum absolute atomic E-state index is 0.00554. The van der Waals surface area contributed by atoms with Crippen LogP contribution in [-0.2, 0) is 4.79 Å². The van der Waals surface area contributed by atoms with E-state index >= 15 is 0 Å². The Hall–Kier alpha value is -2.04. The number of aliphatic carboxylic acids is 1. The summed E-state index contributed by atoms with van der Waals surface area (Å²) >= 11 is 0. The summed E-state index contributed by atoms with van der Waals surface area (Å²) < 4.78 is 5.77. The van der Waals surface area contributed by atoms with Crippen LogP contribution in [0, 0.1) is 0 Å². The van der Waals surface area contributed by atoms with E-state index < -0.39 is 17.4 Å². The first-order chi connectivity index (χ1) is 9.80. The minimum Gasteiger partial charge on any atom is -0.489 e. The Morgan fingerprint density at radius 2 is 2.05 bits per heavy atom. The van der Waals surface area contributed by atoms with Crippen LogP contribution in [0.4, 0.5) is 0 Å². The summed E-state index contributed by atoms with van der Waals surface area (Å²) in [6.45, 7) is 7.23. The first-order valence-corrected chi connectivity index (χ1v) is 7.15. The third kappa shape index (κ3) is 2.60. The molecule has 3 unspecified atom stereocenters. The van der Waals surface area contributed by atoms with Gasteiger partial charge in [0.15, 0.2) is 0 Å². The second-order valence-corrected chi connectivity index (χ2v) is 5.78. The maximum atomic E-state index is 12.4. The molecule has 0 spiro atoms. The standard InChI is InChI=1S/C16H21NO4/c1-5-16(4,15(19)20)17-14(18)12-8-6-7-11-9(2)10(3)21-13(11)12/h6-10H,5H2,1-4H3,(H,17,18)(H,19,20). The van der Waals surface area contributed by atoms with Crippen molar-refractivity contribution in [1.29, 1.82) is 0 Å². The van der Waals surface area contributed by atoms with E-state index in [1.54, 1.807) is 19.1 Å². The van der Waals surface area contributed by atoms with Crippen LogP contribution in [0.1, 0.15) is 56.0 Å². The number of ether oxygens (including phenoxy) is 1. The largest absolute Gasteiger partial charge is 0.489 e. The van der Waals surface area contributed by atoms with Crippen molar-refractivity contribution in [2.45, 2.75) is 51.7 Å². The Balaban J connectivity index is 2.32. The number of para-hydroxylation sites is 1. The number of carbonyl (C=O) groups excluding carboxylic acids is 1. The number of fused-ring (bicyclic) bond motifs is 1. The van der Waals surface area contributed by atoms with Gasteiger partial charge in [0.05, 0.1) is 5.56 Å². The molecule has 2 rings (SSSR count). The van der Waals surface area contributed by atoms with Crippen molar-refractivity contribution in [3.8, 4) is 5.75 Å². The van der Waals surface area contributed by atoms with Crippen LogP contribution < -0.4 is 10.1 Å². The van der Waals surface area contributed by atoms with E-state index in [1.807, 2.05) is 19.9 Å². The number of carboxylic acid groups (broad SMARTS) is 1. The Morgan fingerprint density at radius 3 is 2.62 bits per heavy atom. The molecule has 114 valence electrons. The molecule has 1 aliphatic rings. The van der Waals surface area contributed by atoms with Gasteiger partial charge in [-0.15, -0.1) is 0 Å². The Labute approximate surface area is 124 Å². The quantitative estimate of drug-likeness (QED) is 0.894. The number of benzene rings is 1. The molecule has 0 fully saturated rings. The molecule has 0 aromatic heterocycles. The predicted molar refractivity (Wildman–Crippen MR) is 78.7 cm³/mol. The molecule has 0 saturated heterocycles. The van der Waals surface area contributed by atoms with Gasteiger partial charge in [-0.2, -0.15) is 0 Å². The zero-order valence-electron chi connectivity index (χ0n) is 12.8. The summed E-state index contributed by atoms with van der Waals surface area (Å²) in [7, 11) is 0. The molecule has 3 atom stereocenters. The lowest BCUT2D eigenvalue weighted by Gasteiger charge is -2.25. The summed E-state index contributed by atoms with van der Waals surface area (Å²) in [6, 6.07) is 5.41. The van der Waals surface area contributed by atoms with Gasteiger partial charge >= 0.3 is 5.97 Å². The van der Waals surface area contributed by atoms with Gasteiger partial charge < -0.3 is 15.2 Å². The summed E-state index contributed by atoms with van der Waals surface area (Å²) in [5, 5.41) is 11.9. The number of carboxylic acids is 1. The van der Waals surface area contributed by atoms with E-state index in [9.17, 15) is 14.7 Å². The van der Waals surface area contributed by atoms with Crippen LogP contribution in [0.5, 0.6) is 5.75 Å². The molecule has 1 aromatic carbocycles. The smallest absolute Gasteiger partial charge is 0.329 e. The fourth-order valence-corrected chi connectivity index (χ4v) is 2.38. The summed E-state index contributed by atoms with van der Waals surface area (Å²) in [5.74, 6) is -0.683. The molecule has 1 aliphatic heterocycles. The lowest BCUT2D eigenvalue weighted by Crippen LogP contribution is -2.51. The van der Waals surface area contributed by atoms with Crippen molar-refractivity contribution in [3.05, 3.63) is 29.3 Å². The van der Waals surface area contributed by atoms with Gasteiger partial charge in [0.1, 0.15) is 17.4 Å². The van der Waals surface area contributed by atoms with Crippen molar-refractivity contribution in [2.24, 2.45) is 0 Å². The zero-order valence-corrected chi connectivity index (χ0v) is 12.8. The minimum atomic E-state index is -1.28. The Kier molecular flexibility index (Phi) is 3.94. The molecule has 2 N–H and O–H groups in total. The van der Waals surface area contributed by atoms with Gasteiger partial charge in [-0.1, -0.05) is 26.0 Å². The van der Waals surface area contributed by atoms with E-state index in [4.69, 9.17) is 4.74 Å². The van der Waals surface area contributed by atoms with Gasteiger partial charge in [0.2, 0.25) is 0 Å². The maximum Gasteiger partial charge on any atom is 0.329 e. The molecule has 0 saturated carbocycles. The molecule has 1 aromatic rings. The molecular formula is C16H21NO4. The average Bonchev–Trinajstić information content (AvgIpc) is 2.74. The normalized spacial score (nSPS) is 22.9. The lowest BCUT2D eigenvalue weighted by molar-refractivity contribution is -0.143. The van der Waals surface area contributed by atoms with Crippen molar-refractivity contribution >= 4 is 11.9 Å². The molecule has 0 bridgehead atoms. The van der Waals surface area contributed by atoms with Crippen molar-refractivity contribution in [1.82, 2.24) is 5.32 Å². The fraction of sp³-hybridized carbons (Fsp3) is 0.500. The summed E-state index contributed by atoms with van der Waals surface area (Å²) in [5.41, 5.74) is 0.101. The summed E-state index contributed by atoms with van der Waals surface area (Å²) in [4.78, 5) is 23.8. The number of amides is 1. The fourth-order valence-electron chi connectivity index (χ4n) is 2.38. The molecule has 5 nitrogen and oxygen atoms in total. The number of rotatable bonds is 4. The second-order valence-electron chi connectivity index (χ2n) is 5.78. The molecule has 1 amide bonds. The van der Waals surface area contributed by atoms with Crippen LogP contribution in [-0.4, -0.2) is 28.6 Å². The first kappa shape index (κ1) is 15.4. The van der Waals surface area contributed by atoms with Crippen molar-refractivity contribution < 1.29 is 19.4 Å². The topological polar surface area (TPSA) is 75.6 Å². The SMILES string of the molecule is CCC(C)(NC(=O)c1cccc2c1OC(C)C2C)C(=O)O. The molecule has 5 heteroatoms. The van der Waals surface area contributed by atoms with E-state index in [2.05, 4.69) is 5.32 Å². The zero-order chi connectivity index (χ0) is 15.8. The number of hydrogen-bond acceptors (Lipinski definition) is 3. The van der Waals surface area contributed by atoms with E-state index in [-0.39, 0.29) is 12.0 Å². The van der Waals surface area contributed by atoms with Crippen LogP contribution in [0.25, 0.3) is 0 Å². The van der Waals surface area contributed by atoms with E-state index in [0.29, 0.717) is 17.7 Å². The highest BCUT2D eigenvalue weighted by atomic mass is 16.5. The molecule has 21 heavy (non-hydrogen) atoms. The molecule has 0 radical (unpaired) electrons. The highest BCUT2D eigenvalue weighted by molar-refractivity contribution is 6.00. The van der Waals surface area contributed by atoms with Gasteiger partial charge in [0, 0.05) is 11.5 Å². The van der Waals surface area contributed by atoms with Crippen molar-refractivity contribution in [2.75, 3.05) is 0 Å². The molecule has 1 heterocycles. The number of nitrogens with one attached hydrogen (secondary N) is 1. The van der Waals surface area contributed by atoms with Crippen LogP contribution in [0.2, 0.25) is 0 Å². The first-order valence-electron chi connectivity index (χ1n) is 7.15. The van der Waals surface area contributed by atoms with Gasteiger partial charge in [-0.25, -0.2) is 4.79 Å². The Morgan fingerprint density at radius 1 is 1.38 bits per heavy atom. The second kappa shape index (κ2) is 5.39. The molecular weight excluding hydrogens is 270 g/mol. The maximum absolute atomic E-state index is 12.4. The highest BCUT2D eigenvalue weighted by Crippen LogP contribution is 2.40. The Bertz CT molecular complexity index is 584. The molecule has 0 aliphatic carbocycles. The number of hydrogen-bond donors (Lipinski definition) is 2. The van der Waals surface area contributed by atoms with Crippen LogP contribution in [0.3, 0.4) is 0 Å². The van der Waals surface area contributed by atoms with Crippen molar-refractivity contribution in [3.63, 3.8) is 0 Å². The van der Waals surface area contributed by atoms with Gasteiger partial charge in [-0.05, 0) is 26.3 Å². The van der Waals surface area contributed by atoms with Crippen LogP contribution in [0.15, 0.2) is 18.2 Å². The van der Waals surface area contributed by atoms with Crippen LogP contribution >= 0.6 is 0 Å². The van der Waals surface area contributed by atoms with E-state index in [0.717, 1.165) is 5.56 Å². The summed E-state index contributed by atoms with van der Waals surface area (Å²) in [6.07, 6.45) is 0.308. The monoisotopic (exact) mass is 291 g/mol. The third-order valence-corrected chi connectivity index (χ3v) is 4.36. The average molecular weight is 291 g/mol. The third-order valence-electron chi connectivity index (χ3n) is 4.36. The highest BCUT2D eigenvalue weighted by Gasteiger charge is 2.36.